The third-order valence-corrected chi connectivity index (χ3v) is 5.79. The molecule has 2 heterocycles. The Morgan fingerprint density at radius 2 is 2.11 bits per heavy atom. The number of aromatic nitrogens is 5. The van der Waals surface area contributed by atoms with Crippen molar-refractivity contribution in [3.63, 3.8) is 0 Å². The van der Waals surface area contributed by atoms with Crippen LogP contribution in [-0.2, 0) is 11.8 Å². The average molecular weight is 439 g/mol. The molecular weight excluding hydrogens is 420 g/mol. The highest BCUT2D eigenvalue weighted by Crippen LogP contribution is 2.27. The van der Waals surface area contributed by atoms with Crippen molar-refractivity contribution in [2.75, 3.05) is 11.1 Å². The molecule has 1 amide bonds. The molecular formula is C17H19ClN6O2S2. The van der Waals surface area contributed by atoms with Gasteiger partial charge in [-0.3, -0.25) is 10.1 Å². The van der Waals surface area contributed by atoms with Gasteiger partial charge in [0.25, 0.3) is 0 Å². The highest BCUT2D eigenvalue weighted by Gasteiger charge is 2.19. The van der Waals surface area contributed by atoms with E-state index in [2.05, 4.69) is 25.7 Å². The minimum absolute atomic E-state index is 0.174. The van der Waals surface area contributed by atoms with E-state index in [1.807, 2.05) is 44.5 Å². The van der Waals surface area contributed by atoms with Crippen molar-refractivity contribution in [2.45, 2.75) is 32.0 Å². The number of carbonyl (C=O) groups is 1. The number of amides is 1. The maximum Gasteiger partial charge on any atom is 0.236 e. The predicted molar refractivity (Wildman–Crippen MR) is 110 cm³/mol. The van der Waals surface area contributed by atoms with Gasteiger partial charge in [-0.05, 0) is 44.5 Å². The lowest BCUT2D eigenvalue weighted by Crippen LogP contribution is -2.14. The fourth-order valence-corrected chi connectivity index (χ4v) is 3.98. The lowest BCUT2D eigenvalue weighted by atomic mass is 10.2. The van der Waals surface area contributed by atoms with E-state index >= 15 is 0 Å². The topological polar surface area (TPSA) is 94.8 Å². The van der Waals surface area contributed by atoms with Crippen molar-refractivity contribution in [3.05, 3.63) is 39.6 Å². The van der Waals surface area contributed by atoms with Crippen molar-refractivity contribution < 1.29 is 9.53 Å². The number of rotatable bonds is 7. The molecule has 0 fully saturated rings. The highest BCUT2D eigenvalue weighted by molar-refractivity contribution is 7.99. The van der Waals surface area contributed by atoms with Crippen molar-refractivity contribution in [3.8, 4) is 5.75 Å². The molecule has 3 aromatic rings. The van der Waals surface area contributed by atoms with E-state index in [9.17, 15) is 4.79 Å². The summed E-state index contributed by atoms with van der Waals surface area (Å²) in [5.41, 5.74) is 0.944. The first kappa shape index (κ1) is 20.6. The first-order chi connectivity index (χ1) is 13.3. The van der Waals surface area contributed by atoms with Crippen LogP contribution >= 0.6 is 34.7 Å². The van der Waals surface area contributed by atoms with Gasteiger partial charge in [-0.15, -0.1) is 20.4 Å². The predicted octanol–water partition coefficient (Wildman–Crippen LogP) is 3.81. The molecule has 11 heteroatoms. The zero-order valence-corrected chi connectivity index (χ0v) is 18.2. The summed E-state index contributed by atoms with van der Waals surface area (Å²) >= 11 is 8.61. The number of hydrogen-bond donors (Lipinski definition) is 1. The Morgan fingerprint density at radius 3 is 2.79 bits per heavy atom. The number of carbonyl (C=O) groups excluding carboxylic acids is 1. The quantitative estimate of drug-likeness (QED) is 0.560. The van der Waals surface area contributed by atoms with Crippen LogP contribution in [0.15, 0.2) is 23.4 Å². The number of hydrogen-bond acceptors (Lipinski definition) is 8. The molecule has 3 rings (SSSR count). The van der Waals surface area contributed by atoms with Crippen LogP contribution in [0.3, 0.4) is 0 Å². The second-order valence-electron chi connectivity index (χ2n) is 6.03. The lowest BCUT2D eigenvalue weighted by molar-refractivity contribution is -0.113. The molecule has 1 atom stereocenters. The molecule has 0 aliphatic rings. The van der Waals surface area contributed by atoms with Crippen molar-refractivity contribution in [1.29, 1.82) is 0 Å². The summed E-state index contributed by atoms with van der Waals surface area (Å²) < 4.78 is 7.83. The maximum atomic E-state index is 12.1. The van der Waals surface area contributed by atoms with E-state index in [0.717, 1.165) is 16.3 Å². The molecule has 148 valence electrons. The van der Waals surface area contributed by atoms with Crippen LogP contribution in [0.4, 0.5) is 5.13 Å². The fourth-order valence-electron chi connectivity index (χ4n) is 2.43. The van der Waals surface area contributed by atoms with E-state index < -0.39 is 0 Å². The van der Waals surface area contributed by atoms with Gasteiger partial charge in [-0.1, -0.05) is 34.7 Å². The molecule has 1 aromatic carbocycles. The number of nitrogens with one attached hydrogen (secondary N) is 1. The number of ether oxygens (including phenoxy) is 1. The Labute approximate surface area is 175 Å². The zero-order chi connectivity index (χ0) is 20.3. The summed E-state index contributed by atoms with van der Waals surface area (Å²) in [7, 11) is 1.85. The molecule has 1 unspecified atom stereocenters. The maximum absolute atomic E-state index is 12.1. The lowest BCUT2D eigenvalue weighted by Gasteiger charge is -2.16. The second kappa shape index (κ2) is 8.89. The van der Waals surface area contributed by atoms with Gasteiger partial charge in [0, 0.05) is 12.1 Å². The number of halogens is 1. The van der Waals surface area contributed by atoms with E-state index in [1.165, 1.54) is 23.1 Å². The summed E-state index contributed by atoms with van der Waals surface area (Å²) in [5.74, 6) is 1.42. The number of anilines is 1. The Balaban J connectivity index is 1.60. The first-order valence-electron chi connectivity index (χ1n) is 8.38. The minimum Gasteiger partial charge on any atom is -0.482 e. The Morgan fingerprint density at radius 1 is 1.32 bits per heavy atom. The summed E-state index contributed by atoms with van der Waals surface area (Å²) in [6.45, 7) is 5.67. The molecule has 0 bridgehead atoms. The first-order valence-corrected chi connectivity index (χ1v) is 10.6. The van der Waals surface area contributed by atoms with Gasteiger partial charge in [0.15, 0.2) is 17.1 Å². The van der Waals surface area contributed by atoms with Gasteiger partial charge in [0.2, 0.25) is 11.0 Å². The van der Waals surface area contributed by atoms with Crippen LogP contribution < -0.4 is 10.1 Å². The largest absolute Gasteiger partial charge is 0.482 e. The molecule has 8 nitrogen and oxygen atoms in total. The van der Waals surface area contributed by atoms with Crippen molar-refractivity contribution in [1.82, 2.24) is 25.0 Å². The van der Waals surface area contributed by atoms with E-state index in [4.69, 9.17) is 16.3 Å². The molecule has 0 saturated heterocycles. The van der Waals surface area contributed by atoms with Crippen LogP contribution in [0, 0.1) is 13.8 Å². The number of nitrogens with zero attached hydrogens (tertiary/aromatic N) is 5. The standard InChI is InChI=1S/C17H19ClN6O2S2/c1-9-7-12(18)5-6-13(9)26-10(2)15-21-23-17(24(15)4)27-8-14(25)19-16-22-20-11(3)28-16/h5-7,10H,8H2,1-4H3,(H,19,22,25). The summed E-state index contributed by atoms with van der Waals surface area (Å²) in [6.07, 6.45) is -0.315. The molecule has 0 radical (unpaired) electrons. The Bertz CT molecular complexity index is 990. The molecule has 2 aromatic heterocycles. The summed E-state index contributed by atoms with van der Waals surface area (Å²) in [4.78, 5) is 12.1. The van der Waals surface area contributed by atoms with Gasteiger partial charge >= 0.3 is 0 Å². The van der Waals surface area contributed by atoms with Crippen LogP contribution in [0.1, 0.15) is 29.4 Å². The molecule has 0 aliphatic heterocycles. The normalized spacial score (nSPS) is 12.0. The van der Waals surface area contributed by atoms with Gasteiger partial charge in [-0.2, -0.15) is 0 Å². The van der Waals surface area contributed by atoms with E-state index in [1.54, 1.807) is 6.07 Å². The third-order valence-electron chi connectivity index (χ3n) is 3.78. The molecule has 0 spiro atoms. The monoisotopic (exact) mass is 438 g/mol. The van der Waals surface area contributed by atoms with Gasteiger partial charge in [0.05, 0.1) is 5.75 Å². The van der Waals surface area contributed by atoms with Crippen LogP contribution in [0.5, 0.6) is 5.75 Å². The molecule has 28 heavy (non-hydrogen) atoms. The van der Waals surface area contributed by atoms with Crippen molar-refractivity contribution >= 4 is 45.7 Å². The molecule has 0 saturated carbocycles. The van der Waals surface area contributed by atoms with Crippen LogP contribution in [0.25, 0.3) is 0 Å². The Kier molecular flexibility index (Phi) is 6.53. The van der Waals surface area contributed by atoms with Gasteiger partial charge < -0.3 is 9.30 Å². The minimum atomic E-state index is -0.315. The number of benzene rings is 1. The van der Waals surface area contributed by atoms with Gasteiger partial charge in [-0.25, -0.2) is 0 Å². The van der Waals surface area contributed by atoms with Crippen LogP contribution in [-0.4, -0.2) is 36.6 Å². The second-order valence-corrected chi connectivity index (χ2v) is 8.59. The molecule has 1 N–H and O–H groups in total. The number of aryl methyl sites for hydroxylation is 2. The number of thioether (sulfide) groups is 1. The smallest absolute Gasteiger partial charge is 0.236 e. The zero-order valence-electron chi connectivity index (χ0n) is 15.8. The third kappa shape index (κ3) is 5.00. The van der Waals surface area contributed by atoms with Gasteiger partial charge in [0.1, 0.15) is 10.8 Å². The molecule has 0 aliphatic carbocycles. The average Bonchev–Trinajstić information content (AvgIpc) is 3.21. The highest BCUT2D eigenvalue weighted by atomic mass is 35.5. The van der Waals surface area contributed by atoms with E-state index in [0.29, 0.717) is 21.1 Å². The SMILES string of the molecule is Cc1nnc(NC(=O)CSc2nnc(C(C)Oc3ccc(Cl)cc3C)n2C)s1. The van der Waals surface area contributed by atoms with E-state index in [-0.39, 0.29) is 17.8 Å². The fraction of sp³-hybridized carbons (Fsp3) is 0.353. The summed E-state index contributed by atoms with van der Waals surface area (Å²) in [5, 5.41) is 21.4. The summed E-state index contributed by atoms with van der Waals surface area (Å²) in [6, 6.07) is 5.46. The Hall–Kier alpha value is -2.17. The van der Waals surface area contributed by atoms with Crippen LogP contribution in [0.2, 0.25) is 5.02 Å². The van der Waals surface area contributed by atoms with Crippen molar-refractivity contribution in [2.24, 2.45) is 7.05 Å².